The van der Waals surface area contributed by atoms with Gasteiger partial charge in [-0.25, -0.2) is 0 Å². The molecule has 3 saturated heterocycles. The number of aliphatic hydroxyl groups excluding tert-OH is 1. The zero-order valence-electron chi connectivity index (χ0n) is 28.1. The second kappa shape index (κ2) is 14.9. The van der Waals surface area contributed by atoms with E-state index in [0.29, 0.717) is 31.4 Å². The van der Waals surface area contributed by atoms with Crippen LogP contribution in [0.4, 0.5) is 0 Å². The zero-order valence-corrected chi connectivity index (χ0v) is 28.1. The Balaban J connectivity index is 1.47. The van der Waals surface area contributed by atoms with Gasteiger partial charge < -0.3 is 29.3 Å². The Morgan fingerprint density at radius 2 is 1.75 bits per heavy atom. The van der Waals surface area contributed by atoms with Crippen LogP contribution >= 0.6 is 0 Å². The number of allylic oxidation sites excluding steroid dienone is 1. The summed E-state index contributed by atoms with van der Waals surface area (Å²) in [5.74, 6) is -3.36. The fourth-order valence-corrected chi connectivity index (χ4v) is 7.69. The number of carbonyl (C=O) groups is 4. The molecule has 0 aromatic heterocycles. The van der Waals surface area contributed by atoms with Gasteiger partial charge in [0.2, 0.25) is 17.7 Å². The number of fused-ring (bicyclic) bond motifs is 1. The Hall–Kier alpha value is -4.28. The van der Waals surface area contributed by atoms with E-state index in [2.05, 4.69) is 13.2 Å². The summed E-state index contributed by atoms with van der Waals surface area (Å²) in [4.78, 5) is 60.9. The number of likely N-dealkylation sites (N-methyl/N-ethyl adjacent to an activating group) is 1. The normalized spacial score (nSPS) is 25.9. The van der Waals surface area contributed by atoms with Crippen molar-refractivity contribution in [1.82, 2.24) is 14.7 Å². The van der Waals surface area contributed by atoms with Crippen LogP contribution in [0.3, 0.4) is 0 Å². The van der Waals surface area contributed by atoms with Crippen molar-refractivity contribution in [2.45, 2.75) is 82.0 Å². The van der Waals surface area contributed by atoms with Crippen molar-refractivity contribution in [1.29, 1.82) is 0 Å². The summed E-state index contributed by atoms with van der Waals surface area (Å²) < 4.78 is 12.9. The number of likely N-dealkylation sites (tertiary alicyclic amines) is 1. The van der Waals surface area contributed by atoms with E-state index in [-0.39, 0.29) is 31.4 Å². The highest BCUT2D eigenvalue weighted by Gasteiger charge is 2.75. The van der Waals surface area contributed by atoms with Crippen molar-refractivity contribution in [3.63, 3.8) is 0 Å². The number of amides is 3. The summed E-state index contributed by atoms with van der Waals surface area (Å²) in [6.07, 6.45) is 3.58. The lowest BCUT2D eigenvalue weighted by atomic mass is 9.70. The van der Waals surface area contributed by atoms with Crippen LogP contribution in [0.5, 0.6) is 0 Å². The Labute approximate surface area is 283 Å². The molecule has 1 spiro atoms. The number of hydrogen-bond acceptors (Lipinski definition) is 7. The van der Waals surface area contributed by atoms with Gasteiger partial charge in [0.05, 0.1) is 36.6 Å². The quantitative estimate of drug-likeness (QED) is 0.227. The predicted octanol–water partition coefficient (Wildman–Crippen LogP) is 4.05. The number of rotatable bonds is 15. The van der Waals surface area contributed by atoms with Crippen LogP contribution in [0.2, 0.25) is 0 Å². The summed E-state index contributed by atoms with van der Waals surface area (Å²) in [5.41, 5.74) is 0.371. The molecule has 256 valence electrons. The molecule has 3 amide bonds. The fraction of sp³-hybridized carbons (Fsp3) is 0.474. The molecule has 3 aliphatic rings. The molecular weight excluding hydrogens is 610 g/mol. The van der Waals surface area contributed by atoms with Gasteiger partial charge in [0.1, 0.15) is 17.7 Å². The molecule has 0 saturated carbocycles. The van der Waals surface area contributed by atoms with Crippen molar-refractivity contribution in [2.75, 3.05) is 20.2 Å². The standard InChI is InChI=1S/C38H47N3O7/c1-6-8-19-30(43)39(5)26(4)33(28-17-13-10-14-18-28)47-37(46)31-29-20-21-38(48-29)32(31)35(44)41(25(3)24-42)34(38)36(45)40(22-7-2)23-27-15-11-9-12-16-27/h6-7,9-18,25-26,29,31-34,42H,1-2,8,19-24H2,3-5H3/t25-,26+,29+,31-,32-,33-,34+,38-/m1/s1. The van der Waals surface area contributed by atoms with E-state index in [1.807, 2.05) is 67.6 Å². The largest absolute Gasteiger partial charge is 0.455 e. The summed E-state index contributed by atoms with van der Waals surface area (Å²) in [6.45, 7) is 11.2. The van der Waals surface area contributed by atoms with Crippen LogP contribution < -0.4 is 0 Å². The summed E-state index contributed by atoms with van der Waals surface area (Å²) in [7, 11) is 1.69. The van der Waals surface area contributed by atoms with E-state index in [1.54, 1.807) is 35.9 Å². The van der Waals surface area contributed by atoms with Crippen LogP contribution in [0.15, 0.2) is 86.0 Å². The number of ether oxygens (including phenoxy) is 2. The predicted molar refractivity (Wildman–Crippen MR) is 180 cm³/mol. The lowest BCUT2D eigenvalue weighted by molar-refractivity contribution is -0.165. The highest BCUT2D eigenvalue weighted by Crippen LogP contribution is 2.59. The molecular formula is C38H47N3O7. The van der Waals surface area contributed by atoms with Gasteiger partial charge >= 0.3 is 5.97 Å². The van der Waals surface area contributed by atoms with Gasteiger partial charge in [-0.3, -0.25) is 19.2 Å². The number of nitrogens with zero attached hydrogens (tertiary/aromatic N) is 3. The lowest BCUT2D eigenvalue weighted by Crippen LogP contribution is -2.58. The van der Waals surface area contributed by atoms with Crippen molar-refractivity contribution in [2.24, 2.45) is 11.8 Å². The average molecular weight is 658 g/mol. The number of benzene rings is 2. The lowest BCUT2D eigenvalue weighted by Gasteiger charge is -2.38. The molecule has 2 bridgehead atoms. The van der Waals surface area contributed by atoms with E-state index < -0.39 is 59.6 Å². The SMILES string of the molecule is C=CCCC(=O)N(C)[C@@H](C)[C@@H](OC(=O)[C@@H]1[C@@H]2CC[C@]3(O2)[C@H](C(=O)N(CC=C)Cc2ccccc2)N([C@H](C)CO)C(=O)[C@@H]13)c1ccccc1. The molecule has 0 aliphatic carbocycles. The maximum absolute atomic E-state index is 14.5. The van der Waals surface area contributed by atoms with Crippen molar-refractivity contribution in [3.05, 3.63) is 97.1 Å². The van der Waals surface area contributed by atoms with E-state index in [4.69, 9.17) is 9.47 Å². The number of esters is 1. The van der Waals surface area contributed by atoms with Crippen LogP contribution in [0, 0.1) is 11.8 Å². The van der Waals surface area contributed by atoms with Crippen LogP contribution in [-0.2, 0) is 35.2 Å². The van der Waals surface area contributed by atoms with Gasteiger partial charge in [0.25, 0.3) is 0 Å². The van der Waals surface area contributed by atoms with Gasteiger partial charge in [-0.1, -0.05) is 72.8 Å². The molecule has 10 heteroatoms. The van der Waals surface area contributed by atoms with Crippen LogP contribution in [0.25, 0.3) is 0 Å². The Morgan fingerprint density at radius 3 is 2.38 bits per heavy atom. The molecule has 3 fully saturated rings. The molecule has 3 aliphatic heterocycles. The molecule has 10 nitrogen and oxygen atoms in total. The summed E-state index contributed by atoms with van der Waals surface area (Å²) in [5, 5.41) is 10.2. The minimum atomic E-state index is -1.26. The summed E-state index contributed by atoms with van der Waals surface area (Å²) >= 11 is 0. The Kier molecular flexibility index (Phi) is 10.9. The smallest absolute Gasteiger partial charge is 0.313 e. The first-order chi connectivity index (χ1) is 23.1. The van der Waals surface area contributed by atoms with E-state index in [1.165, 1.54) is 4.90 Å². The third kappa shape index (κ3) is 6.43. The Bertz CT molecular complexity index is 1500. The molecule has 48 heavy (non-hydrogen) atoms. The average Bonchev–Trinajstić information content (AvgIpc) is 3.76. The minimum absolute atomic E-state index is 0.109. The molecule has 0 unspecified atom stereocenters. The first-order valence-electron chi connectivity index (χ1n) is 16.8. The second-order valence-electron chi connectivity index (χ2n) is 13.2. The van der Waals surface area contributed by atoms with Gasteiger partial charge in [0.15, 0.2) is 0 Å². The number of hydrogen-bond donors (Lipinski definition) is 1. The summed E-state index contributed by atoms with van der Waals surface area (Å²) in [6, 6.07) is 16.5. The Morgan fingerprint density at radius 1 is 1.08 bits per heavy atom. The molecule has 3 heterocycles. The van der Waals surface area contributed by atoms with Gasteiger partial charge in [-0.2, -0.15) is 0 Å². The van der Waals surface area contributed by atoms with Gasteiger partial charge in [-0.05, 0) is 44.2 Å². The first-order valence-corrected chi connectivity index (χ1v) is 16.8. The highest BCUT2D eigenvalue weighted by atomic mass is 16.6. The zero-order chi connectivity index (χ0) is 34.6. The highest BCUT2D eigenvalue weighted by molar-refractivity contribution is 5.98. The maximum atomic E-state index is 14.5. The fourth-order valence-electron chi connectivity index (χ4n) is 7.69. The monoisotopic (exact) mass is 657 g/mol. The molecule has 5 rings (SSSR count). The van der Waals surface area contributed by atoms with Crippen LogP contribution in [0.1, 0.15) is 56.8 Å². The van der Waals surface area contributed by atoms with Crippen LogP contribution in [-0.4, -0.2) is 93.5 Å². The van der Waals surface area contributed by atoms with Gasteiger partial charge in [-0.15, -0.1) is 13.2 Å². The molecule has 2 aromatic carbocycles. The molecule has 0 radical (unpaired) electrons. The van der Waals surface area contributed by atoms with Crippen molar-refractivity contribution in [3.8, 4) is 0 Å². The van der Waals surface area contributed by atoms with Crippen molar-refractivity contribution < 1.29 is 33.8 Å². The third-order valence-electron chi connectivity index (χ3n) is 10.2. The molecule has 8 atom stereocenters. The third-order valence-corrected chi connectivity index (χ3v) is 10.2. The van der Waals surface area contributed by atoms with E-state index in [0.717, 1.165) is 5.56 Å². The minimum Gasteiger partial charge on any atom is -0.455 e. The number of aliphatic hydroxyl groups is 1. The number of carbonyl (C=O) groups excluding carboxylic acids is 4. The van der Waals surface area contributed by atoms with Crippen molar-refractivity contribution >= 4 is 23.7 Å². The molecule has 1 N–H and O–H groups in total. The molecule has 2 aromatic rings. The van der Waals surface area contributed by atoms with E-state index >= 15 is 0 Å². The van der Waals surface area contributed by atoms with E-state index in [9.17, 15) is 24.3 Å². The topological polar surface area (TPSA) is 117 Å². The van der Waals surface area contributed by atoms with Gasteiger partial charge in [0, 0.05) is 26.6 Å². The maximum Gasteiger partial charge on any atom is 0.313 e. The second-order valence-corrected chi connectivity index (χ2v) is 13.2. The first kappa shape index (κ1) is 35.0.